The smallest absolute Gasteiger partial charge is 0.227 e. The molecule has 3 aromatic rings. The molecule has 3 aromatic heterocycles. The van der Waals surface area contributed by atoms with Gasteiger partial charge in [-0.2, -0.15) is 4.98 Å². The van der Waals surface area contributed by atoms with Crippen LogP contribution < -0.4 is 20.4 Å². The van der Waals surface area contributed by atoms with Crippen molar-refractivity contribution >= 4 is 34.9 Å². The van der Waals surface area contributed by atoms with Crippen molar-refractivity contribution in [2.24, 2.45) is 5.92 Å². The number of hydrogen-bond donors (Lipinski definition) is 2. The molecule has 0 aliphatic carbocycles. The molecule has 2 aliphatic rings. The van der Waals surface area contributed by atoms with E-state index in [2.05, 4.69) is 32.4 Å². The molecule has 0 spiro atoms. The van der Waals surface area contributed by atoms with Crippen molar-refractivity contribution in [3.8, 4) is 0 Å². The van der Waals surface area contributed by atoms with Crippen molar-refractivity contribution in [3.05, 3.63) is 47.5 Å². The number of carbonyl (C=O) groups is 1. The van der Waals surface area contributed by atoms with E-state index in [4.69, 9.17) is 16.6 Å². The second-order valence-corrected chi connectivity index (χ2v) is 9.84. The first kappa shape index (κ1) is 21.9. The molecule has 2 N–H and O–H groups in total. The number of halogens is 1. The van der Waals surface area contributed by atoms with Crippen LogP contribution in [0, 0.1) is 5.92 Å². The number of pyridine rings is 1. The molecular formula is C23H29ClN8O. The monoisotopic (exact) mass is 468 g/mol. The minimum absolute atomic E-state index is 0.0171. The fraction of sp³-hybridized carbons (Fsp3) is 0.478. The first-order chi connectivity index (χ1) is 15.8. The predicted molar refractivity (Wildman–Crippen MR) is 129 cm³/mol. The number of hydrogen-bond acceptors (Lipinski definition) is 7. The van der Waals surface area contributed by atoms with Gasteiger partial charge >= 0.3 is 0 Å². The minimum atomic E-state index is -0.559. The third-order valence-corrected chi connectivity index (χ3v) is 6.68. The number of rotatable bonds is 5. The average molecular weight is 469 g/mol. The summed E-state index contributed by atoms with van der Waals surface area (Å²) in [5.74, 6) is 1.27. The molecule has 0 unspecified atom stereocenters. The molecule has 2 aliphatic heterocycles. The van der Waals surface area contributed by atoms with Crippen molar-refractivity contribution in [1.29, 1.82) is 0 Å². The van der Waals surface area contributed by atoms with Crippen molar-refractivity contribution in [1.82, 2.24) is 30.0 Å². The molecule has 0 bridgehead atoms. The van der Waals surface area contributed by atoms with Crippen LogP contribution in [0.2, 0.25) is 5.02 Å². The third-order valence-electron chi connectivity index (χ3n) is 6.41. The number of amides is 1. The van der Waals surface area contributed by atoms with E-state index in [9.17, 15) is 4.79 Å². The van der Waals surface area contributed by atoms with Crippen LogP contribution in [0.15, 0.2) is 36.8 Å². The molecule has 10 heteroatoms. The molecule has 5 rings (SSSR count). The lowest BCUT2D eigenvalue weighted by atomic mass is 9.95. The molecule has 0 saturated carbocycles. The number of nitrogens with zero attached hydrogens (tertiary/aromatic N) is 6. The molecule has 174 valence electrons. The second kappa shape index (κ2) is 8.46. The second-order valence-electron chi connectivity index (χ2n) is 9.43. The van der Waals surface area contributed by atoms with Gasteiger partial charge in [-0.3, -0.25) is 4.79 Å². The summed E-state index contributed by atoms with van der Waals surface area (Å²) in [4.78, 5) is 30.9. The summed E-state index contributed by atoms with van der Waals surface area (Å²) in [5, 5.41) is 7.13. The lowest BCUT2D eigenvalue weighted by Crippen LogP contribution is -2.57. The van der Waals surface area contributed by atoms with Crippen LogP contribution in [0.3, 0.4) is 0 Å². The topological polar surface area (TPSA) is 90.7 Å². The van der Waals surface area contributed by atoms with E-state index in [1.807, 2.05) is 53.7 Å². The van der Waals surface area contributed by atoms with Crippen molar-refractivity contribution in [3.63, 3.8) is 0 Å². The normalized spacial score (nSPS) is 19.6. The Morgan fingerprint density at radius 3 is 2.79 bits per heavy atom. The maximum atomic E-state index is 13.0. The van der Waals surface area contributed by atoms with E-state index in [0.29, 0.717) is 35.9 Å². The summed E-state index contributed by atoms with van der Waals surface area (Å²) in [5.41, 5.74) is 1.24. The summed E-state index contributed by atoms with van der Waals surface area (Å²) in [6.45, 7) is 9.90. The predicted octanol–water partition coefficient (Wildman–Crippen LogP) is 2.06. The van der Waals surface area contributed by atoms with Gasteiger partial charge in [0, 0.05) is 45.0 Å². The molecule has 0 radical (unpaired) electrons. The zero-order chi connectivity index (χ0) is 23.2. The fourth-order valence-corrected chi connectivity index (χ4v) is 4.73. The SMILES string of the molecule is C[C@@H]1CN(c2ncc(Cl)c(N3CC(C(=O)NC(C)(C)c4cnc5ccccn45)C3)n2)CCN1. The average Bonchev–Trinajstić information content (AvgIpc) is 3.19. The Kier molecular flexibility index (Phi) is 5.62. The van der Waals surface area contributed by atoms with E-state index >= 15 is 0 Å². The molecule has 2 fully saturated rings. The van der Waals surface area contributed by atoms with E-state index in [1.54, 1.807) is 6.20 Å². The summed E-state index contributed by atoms with van der Waals surface area (Å²) in [6, 6.07) is 6.24. The Hall–Kier alpha value is -2.91. The Morgan fingerprint density at radius 1 is 1.18 bits per heavy atom. The highest BCUT2D eigenvalue weighted by atomic mass is 35.5. The summed E-state index contributed by atoms with van der Waals surface area (Å²) >= 11 is 6.42. The van der Waals surface area contributed by atoms with E-state index in [0.717, 1.165) is 31.0 Å². The van der Waals surface area contributed by atoms with E-state index < -0.39 is 5.54 Å². The lowest BCUT2D eigenvalue weighted by Gasteiger charge is -2.41. The quantitative estimate of drug-likeness (QED) is 0.592. The Labute approximate surface area is 198 Å². The number of piperazine rings is 1. The molecule has 1 atom stereocenters. The van der Waals surface area contributed by atoms with Crippen molar-refractivity contribution < 1.29 is 4.79 Å². The lowest BCUT2D eigenvalue weighted by molar-refractivity contribution is -0.127. The molecular weight excluding hydrogens is 440 g/mol. The van der Waals surface area contributed by atoms with Gasteiger partial charge in [0.2, 0.25) is 11.9 Å². The van der Waals surface area contributed by atoms with Crippen molar-refractivity contribution in [2.75, 3.05) is 42.5 Å². The highest BCUT2D eigenvalue weighted by Crippen LogP contribution is 2.31. The van der Waals surface area contributed by atoms with Crippen molar-refractivity contribution in [2.45, 2.75) is 32.4 Å². The Balaban J connectivity index is 1.25. The minimum Gasteiger partial charge on any atom is -0.353 e. The molecule has 0 aromatic carbocycles. The molecule has 33 heavy (non-hydrogen) atoms. The van der Waals surface area contributed by atoms with Gasteiger partial charge in [-0.25, -0.2) is 9.97 Å². The molecule has 5 heterocycles. The maximum absolute atomic E-state index is 13.0. The first-order valence-corrected chi connectivity index (χ1v) is 11.7. The summed E-state index contributed by atoms with van der Waals surface area (Å²) in [7, 11) is 0. The van der Waals surface area contributed by atoms with Gasteiger partial charge in [-0.05, 0) is 32.9 Å². The number of anilines is 2. The van der Waals surface area contributed by atoms with Crippen LogP contribution >= 0.6 is 11.6 Å². The van der Waals surface area contributed by atoms with Crippen LogP contribution in [0.4, 0.5) is 11.8 Å². The fourth-order valence-electron chi connectivity index (χ4n) is 4.52. The first-order valence-electron chi connectivity index (χ1n) is 11.3. The van der Waals surface area contributed by atoms with Gasteiger partial charge in [0.1, 0.15) is 10.7 Å². The Bertz CT molecular complexity index is 1170. The largest absolute Gasteiger partial charge is 0.353 e. The Morgan fingerprint density at radius 2 is 2.00 bits per heavy atom. The standard InChI is InChI=1S/C23H29ClN8O/c1-15-12-30(9-7-25-15)22-27-10-17(24)20(28-22)31-13-16(14-31)21(33)29-23(2,3)18-11-26-19-6-4-5-8-32(18)19/h4-6,8,10-11,15-16,25H,7,9,12-14H2,1-3H3,(H,29,33)/t15-/m1/s1. The maximum Gasteiger partial charge on any atom is 0.227 e. The zero-order valence-corrected chi connectivity index (χ0v) is 19.9. The van der Waals surface area contributed by atoms with E-state index in [-0.39, 0.29) is 11.8 Å². The van der Waals surface area contributed by atoms with Gasteiger partial charge in [0.25, 0.3) is 0 Å². The number of nitrogens with one attached hydrogen (secondary N) is 2. The van der Waals surface area contributed by atoms with Gasteiger partial charge in [0.15, 0.2) is 5.82 Å². The highest BCUT2D eigenvalue weighted by molar-refractivity contribution is 6.32. The number of fused-ring (bicyclic) bond motifs is 1. The van der Waals surface area contributed by atoms with Gasteiger partial charge in [0.05, 0.1) is 29.5 Å². The molecule has 2 saturated heterocycles. The van der Waals surface area contributed by atoms with Crippen LogP contribution in [0.5, 0.6) is 0 Å². The van der Waals surface area contributed by atoms with E-state index in [1.165, 1.54) is 0 Å². The van der Waals surface area contributed by atoms with Gasteiger partial charge in [-0.1, -0.05) is 17.7 Å². The summed E-state index contributed by atoms with van der Waals surface area (Å²) in [6.07, 6.45) is 5.44. The van der Waals surface area contributed by atoms with Gasteiger partial charge in [-0.15, -0.1) is 0 Å². The van der Waals surface area contributed by atoms with Crippen LogP contribution in [-0.2, 0) is 10.3 Å². The number of imidazole rings is 1. The zero-order valence-electron chi connectivity index (χ0n) is 19.1. The third kappa shape index (κ3) is 4.22. The number of carbonyl (C=O) groups excluding carboxylic acids is 1. The summed E-state index contributed by atoms with van der Waals surface area (Å²) < 4.78 is 2.01. The molecule has 9 nitrogen and oxygen atoms in total. The van der Waals surface area contributed by atoms with Gasteiger partial charge < -0.3 is 24.8 Å². The highest BCUT2D eigenvalue weighted by Gasteiger charge is 2.38. The van der Waals surface area contributed by atoms with Crippen LogP contribution in [0.1, 0.15) is 26.5 Å². The number of aromatic nitrogens is 4. The van der Waals surface area contributed by atoms with Crippen LogP contribution in [-0.4, -0.2) is 64.0 Å². The van der Waals surface area contributed by atoms with Crippen LogP contribution in [0.25, 0.3) is 5.65 Å². The molecule has 1 amide bonds.